The number of likely N-dealkylation sites (tertiary alicyclic amines) is 2. The topological polar surface area (TPSA) is 68.0 Å². The average Bonchev–Trinajstić information content (AvgIpc) is 3.24. The van der Waals surface area contributed by atoms with Gasteiger partial charge in [0, 0.05) is 45.2 Å². The van der Waals surface area contributed by atoms with Gasteiger partial charge in [0.25, 0.3) is 5.91 Å². The van der Waals surface area contributed by atoms with Crippen LogP contribution in [-0.4, -0.2) is 60.3 Å². The van der Waals surface area contributed by atoms with E-state index in [4.69, 9.17) is 4.74 Å². The van der Waals surface area contributed by atoms with Gasteiger partial charge in [-0.15, -0.1) is 0 Å². The molecule has 3 rings (SSSR count). The lowest BCUT2D eigenvalue weighted by molar-refractivity contribution is -0.911. The van der Waals surface area contributed by atoms with Gasteiger partial charge in [0.15, 0.2) is 6.54 Å². The summed E-state index contributed by atoms with van der Waals surface area (Å²) in [6.07, 6.45) is 5.71. The number of nitrogens with zero attached hydrogens (tertiary/aromatic N) is 2. The Morgan fingerprint density at radius 1 is 1.31 bits per heavy atom. The lowest BCUT2D eigenvalue weighted by atomic mass is 10.1. The van der Waals surface area contributed by atoms with Crippen molar-refractivity contribution in [3.63, 3.8) is 0 Å². The molecule has 3 heterocycles. The van der Waals surface area contributed by atoms with E-state index in [0.29, 0.717) is 32.3 Å². The molecule has 0 aromatic carbocycles. The molecule has 2 aliphatic heterocycles. The van der Waals surface area contributed by atoms with Crippen molar-refractivity contribution in [2.24, 2.45) is 7.05 Å². The van der Waals surface area contributed by atoms with Gasteiger partial charge in [0.05, 0.1) is 18.8 Å². The molecule has 2 N–H and O–H groups in total. The van der Waals surface area contributed by atoms with Gasteiger partial charge in [-0.2, -0.15) is 0 Å². The molecule has 0 saturated carbocycles. The van der Waals surface area contributed by atoms with Crippen LogP contribution < -0.4 is 10.2 Å². The van der Waals surface area contributed by atoms with Crippen molar-refractivity contribution in [3.05, 3.63) is 24.0 Å². The Labute approximate surface area is 155 Å². The Balaban J connectivity index is 1.46. The van der Waals surface area contributed by atoms with Crippen molar-refractivity contribution in [1.29, 1.82) is 0 Å². The smallest absolute Gasteiger partial charge is 0.409 e. The molecular formula is C19H31N4O3+. The monoisotopic (exact) mass is 363 g/mol. The molecule has 7 nitrogen and oxygen atoms in total. The fourth-order valence-corrected chi connectivity index (χ4v) is 4.22. The zero-order chi connectivity index (χ0) is 18.5. The third-order valence-electron chi connectivity index (χ3n) is 5.60. The van der Waals surface area contributed by atoms with Gasteiger partial charge in [-0.05, 0) is 31.9 Å². The summed E-state index contributed by atoms with van der Waals surface area (Å²) in [6, 6.07) is 4.80. The second kappa shape index (κ2) is 8.58. The summed E-state index contributed by atoms with van der Waals surface area (Å²) in [5.41, 5.74) is 1.31. The molecule has 26 heavy (non-hydrogen) atoms. The summed E-state index contributed by atoms with van der Waals surface area (Å²) in [5, 5.41) is 3.17. The second-order valence-corrected chi connectivity index (χ2v) is 7.35. The molecule has 1 aromatic heterocycles. The number of piperidine rings is 1. The van der Waals surface area contributed by atoms with E-state index in [1.807, 2.05) is 6.92 Å². The fourth-order valence-electron chi connectivity index (χ4n) is 4.22. The quantitative estimate of drug-likeness (QED) is 0.800. The third kappa shape index (κ3) is 4.38. The summed E-state index contributed by atoms with van der Waals surface area (Å²) in [6.45, 7) is 5.07. The van der Waals surface area contributed by atoms with E-state index >= 15 is 0 Å². The summed E-state index contributed by atoms with van der Waals surface area (Å²) in [4.78, 5) is 27.4. The van der Waals surface area contributed by atoms with Crippen LogP contribution in [0.5, 0.6) is 0 Å². The Bertz CT molecular complexity index is 622. The number of carbonyl (C=O) groups is 2. The van der Waals surface area contributed by atoms with E-state index in [2.05, 4.69) is 35.3 Å². The second-order valence-electron chi connectivity index (χ2n) is 7.35. The highest BCUT2D eigenvalue weighted by atomic mass is 16.6. The summed E-state index contributed by atoms with van der Waals surface area (Å²) in [7, 11) is 2.07. The van der Waals surface area contributed by atoms with E-state index in [0.717, 1.165) is 32.2 Å². The van der Waals surface area contributed by atoms with Crippen molar-refractivity contribution >= 4 is 12.0 Å². The minimum atomic E-state index is -0.246. The normalized spacial score (nSPS) is 23.8. The van der Waals surface area contributed by atoms with Gasteiger partial charge in [-0.25, -0.2) is 4.79 Å². The number of amides is 2. The van der Waals surface area contributed by atoms with Crippen LogP contribution in [0.3, 0.4) is 0 Å². The van der Waals surface area contributed by atoms with Crippen LogP contribution in [0, 0.1) is 0 Å². The van der Waals surface area contributed by atoms with Crippen LogP contribution in [0.2, 0.25) is 0 Å². The molecule has 2 saturated heterocycles. The van der Waals surface area contributed by atoms with Gasteiger partial charge in [-0.1, -0.05) is 0 Å². The van der Waals surface area contributed by atoms with Crippen molar-refractivity contribution in [1.82, 2.24) is 14.8 Å². The molecule has 2 fully saturated rings. The zero-order valence-electron chi connectivity index (χ0n) is 15.9. The number of nitrogens with one attached hydrogen (secondary N) is 2. The molecule has 2 atom stereocenters. The highest BCUT2D eigenvalue weighted by molar-refractivity contribution is 5.77. The van der Waals surface area contributed by atoms with E-state index in [9.17, 15) is 9.59 Å². The van der Waals surface area contributed by atoms with Crippen LogP contribution in [0.15, 0.2) is 18.3 Å². The van der Waals surface area contributed by atoms with Crippen LogP contribution >= 0.6 is 0 Å². The molecule has 2 aliphatic rings. The molecule has 144 valence electrons. The van der Waals surface area contributed by atoms with Crippen LogP contribution in [0.25, 0.3) is 0 Å². The number of aryl methyl sites for hydroxylation is 1. The average molecular weight is 363 g/mol. The minimum absolute atomic E-state index is 0.121. The van der Waals surface area contributed by atoms with Crippen LogP contribution in [0.1, 0.15) is 44.3 Å². The van der Waals surface area contributed by atoms with Crippen molar-refractivity contribution < 1.29 is 19.2 Å². The molecule has 1 aromatic rings. The van der Waals surface area contributed by atoms with E-state index < -0.39 is 0 Å². The van der Waals surface area contributed by atoms with Gasteiger partial charge < -0.3 is 24.4 Å². The number of rotatable bonds is 5. The predicted molar refractivity (Wildman–Crippen MR) is 97.8 cm³/mol. The largest absolute Gasteiger partial charge is 0.450 e. The molecule has 0 radical (unpaired) electrons. The molecule has 2 amide bonds. The number of aromatic nitrogens is 1. The maximum atomic E-state index is 12.5. The summed E-state index contributed by atoms with van der Waals surface area (Å²) >= 11 is 0. The number of hydrogen-bond acceptors (Lipinski definition) is 3. The fraction of sp³-hybridized carbons (Fsp3) is 0.684. The van der Waals surface area contributed by atoms with Crippen LogP contribution in [0.4, 0.5) is 4.79 Å². The number of carbonyl (C=O) groups excluding carboxylic acids is 2. The molecule has 0 bridgehead atoms. The summed E-state index contributed by atoms with van der Waals surface area (Å²) < 4.78 is 7.20. The molecule has 7 heteroatoms. The van der Waals surface area contributed by atoms with E-state index in [1.54, 1.807) is 4.90 Å². The molecule has 0 spiro atoms. The Morgan fingerprint density at radius 2 is 2.08 bits per heavy atom. The highest BCUT2D eigenvalue weighted by Crippen LogP contribution is 2.19. The first-order valence-electron chi connectivity index (χ1n) is 9.75. The SMILES string of the molecule is CCOC(=O)N1CCC(NC(=O)C[NH+]2CCC[C@H]2c2cccn2C)CC1. The van der Waals surface area contributed by atoms with Gasteiger partial charge in [-0.3, -0.25) is 4.79 Å². The first-order chi connectivity index (χ1) is 12.6. The van der Waals surface area contributed by atoms with Gasteiger partial charge in [0.2, 0.25) is 0 Å². The van der Waals surface area contributed by atoms with Crippen molar-refractivity contribution in [2.45, 2.75) is 44.7 Å². The van der Waals surface area contributed by atoms with Gasteiger partial charge >= 0.3 is 6.09 Å². The van der Waals surface area contributed by atoms with Gasteiger partial charge in [0.1, 0.15) is 6.04 Å². The first kappa shape index (κ1) is 18.8. The maximum absolute atomic E-state index is 12.5. The third-order valence-corrected chi connectivity index (χ3v) is 5.60. The lowest BCUT2D eigenvalue weighted by Gasteiger charge is -2.32. The van der Waals surface area contributed by atoms with Crippen molar-refractivity contribution in [2.75, 3.05) is 32.8 Å². The predicted octanol–water partition coefficient (Wildman–Crippen LogP) is 0.482. The Kier molecular flexibility index (Phi) is 6.19. The van der Waals surface area contributed by atoms with Crippen molar-refractivity contribution in [3.8, 4) is 0 Å². The van der Waals surface area contributed by atoms with E-state index in [1.165, 1.54) is 10.6 Å². The highest BCUT2D eigenvalue weighted by Gasteiger charge is 2.33. The minimum Gasteiger partial charge on any atom is -0.450 e. The Morgan fingerprint density at radius 3 is 2.73 bits per heavy atom. The number of ether oxygens (including phenoxy) is 1. The molecule has 1 unspecified atom stereocenters. The standard InChI is InChI=1S/C19H30N4O3/c1-3-26-19(25)22-12-8-15(9-13-22)20-18(24)14-23-11-5-7-17(23)16-6-4-10-21(16)2/h4,6,10,15,17H,3,5,7-9,11-14H2,1-2H3,(H,20,24)/p+1/t17-/m0/s1. The zero-order valence-corrected chi connectivity index (χ0v) is 15.9. The summed E-state index contributed by atoms with van der Waals surface area (Å²) in [5.74, 6) is 0.121. The van der Waals surface area contributed by atoms with E-state index in [-0.39, 0.29) is 18.0 Å². The van der Waals surface area contributed by atoms with Crippen LogP contribution in [-0.2, 0) is 16.6 Å². The number of hydrogen-bond donors (Lipinski definition) is 2. The lowest BCUT2D eigenvalue weighted by Crippen LogP contribution is -3.11. The maximum Gasteiger partial charge on any atom is 0.409 e. The molecular weight excluding hydrogens is 332 g/mol. The Hall–Kier alpha value is -2.02. The molecule has 0 aliphatic carbocycles. The first-order valence-corrected chi connectivity index (χ1v) is 9.75. The number of quaternary nitrogens is 1.